The van der Waals surface area contributed by atoms with Gasteiger partial charge in [-0.2, -0.15) is 0 Å². The maximum absolute atomic E-state index is 11.7. The molecule has 1 saturated carbocycles. The number of methoxy groups -OCH3 is 1. The van der Waals surface area contributed by atoms with Gasteiger partial charge in [-0.25, -0.2) is 4.79 Å². The van der Waals surface area contributed by atoms with Gasteiger partial charge in [0.2, 0.25) is 5.91 Å². The van der Waals surface area contributed by atoms with E-state index in [0.29, 0.717) is 18.8 Å². The van der Waals surface area contributed by atoms with E-state index in [2.05, 4.69) is 5.32 Å². The normalized spacial score (nSPS) is 17.8. The molecule has 0 aromatic rings. The van der Waals surface area contributed by atoms with Gasteiger partial charge in [0, 0.05) is 13.0 Å². The van der Waals surface area contributed by atoms with Gasteiger partial charge in [-0.1, -0.05) is 32.1 Å². The lowest BCUT2D eigenvalue weighted by Gasteiger charge is -2.25. The number of amides is 1. The largest absolute Gasteiger partial charge is 0.467 e. The summed E-state index contributed by atoms with van der Waals surface area (Å²) < 4.78 is 4.76. The van der Waals surface area contributed by atoms with E-state index in [1.807, 2.05) is 0 Å². The second-order valence-electron chi connectivity index (χ2n) is 5.21. The zero-order valence-electron chi connectivity index (χ0n) is 11.7. The van der Waals surface area contributed by atoms with Gasteiger partial charge in [0.05, 0.1) is 7.11 Å². The van der Waals surface area contributed by atoms with E-state index in [1.54, 1.807) is 0 Å². The van der Waals surface area contributed by atoms with Crippen LogP contribution in [0, 0.1) is 5.92 Å². The van der Waals surface area contributed by atoms with Gasteiger partial charge in [0.15, 0.2) is 0 Å². The third-order valence-electron chi connectivity index (χ3n) is 3.68. The molecule has 2 N–H and O–H groups in total. The van der Waals surface area contributed by atoms with Gasteiger partial charge in [0.1, 0.15) is 6.04 Å². The third-order valence-corrected chi connectivity index (χ3v) is 3.68. The van der Waals surface area contributed by atoms with Crippen LogP contribution < -0.4 is 5.32 Å². The molecule has 1 aliphatic carbocycles. The number of aliphatic hydroxyl groups is 1. The summed E-state index contributed by atoms with van der Waals surface area (Å²) in [6.45, 7) is -0.0149. The number of rotatable bonds is 7. The van der Waals surface area contributed by atoms with Crippen molar-refractivity contribution in [3.8, 4) is 0 Å². The van der Waals surface area contributed by atoms with Crippen molar-refractivity contribution in [1.82, 2.24) is 5.32 Å². The van der Waals surface area contributed by atoms with Crippen LogP contribution in [0.4, 0.5) is 0 Å². The van der Waals surface area contributed by atoms with Gasteiger partial charge < -0.3 is 15.2 Å². The summed E-state index contributed by atoms with van der Waals surface area (Å²) in [4.78, 5) is 23.4. The van der Waals surface area contributed by atoms with E-state index in [4.69, 9.17) is 9.84 Å². The first-order chi connectivity index (χ1) is 9.17. The van der Waals surface area contributed by atoms with Crippen molar-refractivity contribution >= 4 is 11.9 Å². The first-order valence-corrected chi connectivity index (χ1v) is 7.15. The second kappa shape index (κ2) is 8.91. The monoisotopic (exact) mass is 271 g/mol. The molecule has 110 valence electrons. The molecule has 19 heavy (non-hydrogen) atoms. The number of carbonyl (C=O) groups is 2. The van der Waals surface area contributed by atoms with Crippen LogP contribution in [0.25, 0.3) is 0 Å². The fourth-order valence-electron chi connectivity index (χ4n) is 2.62. The lowest BCUT2D eigenvalue weighted by molar-refractivity contribution is -0.145. The smallest absolute Gasteiger partial charge is 0.328 e. The van der Waals surface area contributed by atoms with Crippen LogP contribution in [0.1, 0.15) is 51.4 Å². The van der Waals surface area contributed by atoms with Crippen molar-refractivity contribution in [2.45, 2.75) is 57.4 Å². The number of hydrogen-bond donors (Lipinski definition) is 2. The number of esters is 1. The summed E-state index contributed by atoms with van der Waals surface area (Å²) in [6, 6.07) is -0.542. The number of aliphatic hydroxyl groups excluding tert-OH is 1. The third kappa shape index (κ3) is 6.05. The average molecular weight is 271 g/mol. The fourth-order valence-corrected chi connectivity index (χ4v) is 2.62. The van der Waals surface area contributed by atoms with Crippen LogP contribution in [-0.2, 0) is 14.3 Å². The van der Waals surface area contributed by atoms with Gasteiger partial charge >= 0.3 is 5.97 Å². The summed E-state index contributed by atoms with van der Waals surface area (Å²) in [7, 11) is 1.34. The molecule has 5 heteroatoms. The van der Waals surface area contributed by atoms with E-state index >= 15 is 0 Å². The van der Waals surface area contributed by atoms with Gasteiger partial charge in [-0.15, -0.1) is 0 Å². The number of hydrogen-bond acceptors (Lipinski definition) is 4. The van der Waals surface area contributed by atoms with Gasteiger partial charge in [-0.05, 0) is 18.8 Å². The van der Waals surface area contributed by atoms with Crippen molar-refractivity contribution in [3.63, 3.8) is 0 Å². The maximum atomic E-state index is 11.7. The molecule has 0 heterocycles. The minimum Gasteiger partial charge on any atom is -0.467 e. The molecule has 0 spiro atoms. The molecule has 0 saturated heterocycles. The van der Waals surface area contributed by atoms with Crippen LogP contribution in [0.15, 0.2) is 0 Å². The van der Waals surface area contributed by atoms with Crippen molar-refractivity contribution in [1.29, 1.82) is 0 Å². The predicted molar refractivity (Wildman–Crippen MR) is 71.5 cm³/mol. The van der Waals surface area contributed by atoms with Crippen molar-refractivity contribution in [3.05, 3.63) is 0 Å². The number of nitrogens with one attached hydrogen (secondary N) is 1. The Hall–Kier alpha value is -1.10. The average Bonchev–Trinajstić information content (AvgIpc) is 2.44. The topological polar surface area (TPSA) is 75.6 Å². The highest BCUT2D eigenvalue weighted by molar-refractivity contribution is 5.84. The molecule has 5 nitrogen and oxygen atoms in total. The van der Waals surface area contributed by atoms with Crippen LogP contribution in [0.2, 0.25) is 0 Å². The van der Waals surface area contributed by atoms with E-state index in [0.717, 1.165) is 12.8 Å². The minimum absolute atomic E-state index is 0.0149. The maximum Gasteiger partial charge on any atom is 0.328 e. The van der Waals surface area contributed by atoms with Crippen molar-refractivity contribution < 1.29 is 19.4 Å². The number of carbonyl (C=O) groups excluding carboxylic acids is 2. The quantitative estimate of drug-likeness (QED) is 0.686. The zero-order chi connectivity index (χ0) is 14.1. The van der Waals surface area contributed by atoms with E-state index in [9.17, 15) is 9.59 Å². The Morgan fingerprint density at radius 2 is 2.00 bits per heavy atom. The van der Waals surface area contributed by atoms with E-state index < -0.39 is 6.04 Å². The lowest BCUT2D eigenvalue weighted by atomic mass is 9.85. The minimum atomic E-state index is -0.542. The summed E-state index contributed by atoms with van der Waals surface area (Å²) in [5.41, 5.74) is 0. The summed E-state index contributed by atoms with van der Waals surface area (Å²) in [5.74, 6) is -0.0702. The molecule has 0 aromatic carbocycles. The Balaban J connectivity index is 2.46. The summed E-state index contributed by atoms with van der Waals surface area (Å²) in [5, 5.41) is 11.4. The van der Waals surface area contributed by atoms with E-state index in [1.165, 1.54) is 26.4 Å². The first kappa shape index (κ1) is 16.0. The number of ether oxygens (including phenoxy) is 1. The van der Waals surface area contributed by atoms with E-state index in [-0.39, 0.29) is 24.9 Å². The molecule has 1 amide bonds. The molecule has 1 fully saturated rings. The molecule has 0 bridgehead atoms. The molecule has 0 unspecified atom stereocenters. The molecule has 0 radical (unpaired) electrons. The van der Waals surface area contributed by atoms with Gasteiger partial charge in [0.25, 0.3) is 0 Å². The molecular formula is C14H25NO4. The van der Waals surface area contributed by atoms with Crippen LogP contribution in [-0.4, -0.2) is 36.7 Å². The Bertz CT molecular complexity index is 287. The lowest BCUT2D eigenvalue weighted by Crippen LogP contribution is -2.43. The van der Waals surface area contributed by atoms with Crippen LogP contribution >= 0.6 is 0 Å². The van der Waals surface area contributed by atoms with Gasteiger partial charge in [-0.3, -0.25) is 4.79 Å². The van der Waals surface area contributed by atoms with Crippen LogP contribution in [0.3, 0.4) is 0 Å². The molecule has 1 atom stereocenters. The standard InChI is InChI=1S/C14H25NO4/c1-19-14(18)12(15-13(17)8-5-9-16)10-11-6-3-2-4-7-11/h11-12,16H,2-10H2,1H3,(H,15,17)/t12-/m1/s1. The SMILES string of the molecule is COC(=O)[C@@H](CC1CCCCC1)NC(=O)CCCO. The Labute approximate surface area is 114 Å². The predicted octanol–water partition coefficient (Wildman–Crippen LogP) is 1.39. The Morgan fingerprint density at radius 1 is 1.32 bits per heavy atom. The summed E-state index contributed by atoms with van der Waals surface area (Å²) >= 11 is 0. The van der Waals surface area contributed by atoms with Crippen molar-refractivity contribution in [2.75, 3.05) is 13.7 Å². The highest BCUT2D eigenvalue weighted by Gasteiger charge is 2.26. The molecule has 1 rings (SSSR count). The molecule has 0 aliphatic heterocycles. The van der Waals surface area contributed by atoms with Crippen molar-refractivity contribution in [2.24, 2.45) is 5.92 Å². The first-order valence-electron chi connectivity index (χ1n) is 7.15. The second-order valence-corrected chi connectivity index (χ2v) is 5.21. The summed E-state index contributed by atoms with van der Waals surface area (Å²) in [6.07, 6.45) is 7.26. The highest BCUT2D eigenvalue weighted by atomic mass is 16.5. The van der Waals surface area contributed by atoms with Crippen LogP contribution in [0.5, 0.6) is 0 Å². The molecule has 0 aromatic heterocycles. The molecule has 1 aliphatic rings. The fraction of sp³-hybridized carbons (Fsp3) is 0.857. The zero-order valence-corrected chi connectivity index (χ0v) is 11.7. The highest BCUT2D eigenvalue weighted by Crippen LogP contribution is 2.27. The molecular weight excluding hydrogens is 246 g/mol. The Kier molecular flexibility index (Phi) is 7.48. The Morgan fingerprint density at radius 3 is 2.58 bits per heavy atom.